The molecule has 4 saturated carbocycles. The average Bonchev–Trinajstić information content (AvgIpc) is 3.01. The highest BCUT2D eigenvalue weighted by Crippen LogP contribution is 2.60. The van der Waals surface area contributed by atoms with E-state index in [1.807, 2.05) is 32.9 Å². The Hall–Kier alpha value is -1.38. The third-order valence-corrected chi connectivity index (χ3v) is 9.57. The molecule has 0 unspecified atom stereocenters. The Bertz CT molecular complexity index is 1070. The summed E-state index contributed by atoms with van der Waals surface area (Å²) in [5.41, 5.74) is 0.0381. The summed E-state index contributed by atoms with van der Waals surface area (Å²) >= 11 is 10.3. The standard InChI is InChI=1S/C26H30BrNO4S2/c1-25(2,3)28-22(29)20(34-24(28)33)10-14-8-18(27)21(19(9-14)31-4)32-23(30)26-11-15-5-16(12-26)7-17(6-15)13-26/h8-10,15-17H,5-7,11-13H2,1-4H3/b20-10+. The van der Waals surface area contributed by atoms with E-state index in [1.165, 1.54) is 31.0 Å². The first-order chi connectivity index (χ1) is 16.0. The van der Waals surface area contributed by atoms with Crippen LogP contribution in [0.15, 0.2) is 21.5 Å². The van der Waals surface area contributed by atoms with Crippen molar-refractivity contribution >= 4 is 62.2 Å². The zero-order valence-electron chi connectivity index (χ0n) is 20.0. The molecule has 4 aliphatic carbocycles. The third kappa shape index (κ3) is 4.24. The van der Waals surface area contributed by atoms with Gasteiger partial charge in [-0.05, 0) is 117 Å². The van der Waals surface area contributed by atoms with E-state index in [1.54, 1.807) is 18.1 Å². The van der Waals surface area contributed by atoms with Crippen LogP contribution in [0.4, 0.5) is 0 Å². The molecule has 34 heavy (non-hydrogen) atoms. The summed E-state index contributed by atoms with van der Waals surface area (Å²) in [6.07, 6.45) is 8.48. The van der Waals surface area contributed by atoms with Gasteiger partial charge < -0.3 is 9.47 Å². The number of carbonyl (C=O) groups is 2. The maximum Gasteiger partial charge on any atom is 0.317 e. The van der Waals surface area contributed by atoms with E-state index in [9.17, 15) is 9.59 Å². The van der Waals surface area contributed by atoms with Gasteiger partial charge in [0.25, 0.3) is 5.91 Å². The average molecular weight is 565 g/mol. The third-order valence-electron chi connectivity index (χ3n) is 7.68. The first kappa shape index (κ1) is 24.3. The fraction of sp³-hybridized carbons (Fsp3) is 0.577. The number of nitrogens with zero attached hydrogens (tertiary/aromatic N) is 1. The second-order valence-corrected chi connectivity index (χ2v) is 13.8. The molecule has 182 valence electrons. The molecule has 0 aromatic heterocycles. The molecule has 1 aromatic carbocycles. The fourth-order valence-corrected chi connectivity index (χ4v) is 8.86. The Kier molecular flexibility index (Phi) is 6.17. The van der Waals surface area contributed by atoms with E-state index in [0.717, 1.165) is 24.8 Å². The van der Waals surface area contributed by atoms with Crippen molar-refractivity contribution in [3.63, 3.8) is 0 Å². The maximum atomic E-state index is 13.5. The summed E-state index contributed by atoms with van der Waals surface area (Å²) in [6.45, 7) is 5.90. The highest BCUT2D eigenvalue weighted by molar-refractivity contribution is 9.10. The van der Waals surface area contributed by atoms with Crippen molar-refractivity contribution in [2.75, 3.05) is 7.11 Å². The van der Waals surface area contributed by atoms with Crippen molar-refractivity contribution in [1.82, 2.24) is 4.90 Å². The molecule has 0 N–H and O–H groups in total. The molecule has 5 fully saturated rings. The highest BCUT2D eigenvalue weighted by Gasteiger charge is 2.55. The molecule has 0 spiro atoms. The predicted octanol–water partition coefficient (Wildman–Crippen LogP) is 6.58. The molecule has 1 heterocycles. The molecular weight excluding hydrogens is 534 g/mol. The van der Waals surface area contributed by atoms with Crippen LogP contribution in [-0.2, 0) is 9.59 Å². The lowest BCUT2D eigenvalue weighted by Crippen LogP contribution is -2.51. The number of rotatable bonds is 4. The van der Waals surface area contributed by atoms with Crippen LogP contribution >= 0.6 is 39.9 Å². The van der Waals surface area contributed by atoms with Crippen molar-refractivity contribution in [2.45, 2.75) is 64.8 Å². The van der Waals surface area contributed by atoms with Gasteiger partial charge in [0.1, 0.15) is 4.32 Å². The Morgan fingerprint density at radius 1 is 1.18 bits per heavy atom. The van der Waals surface area contributed by atoms with Crippen molar-refractivity contribution < 1.29 is 19.1 Å². The number of thioether (sulfide) groups is 1. The Balaban J connectivity index is 1.40. The molecule has 1 amide bonds. The first-order valence-electron chi connectivity index (χ1n) is 11.9. The van der Waals surface area contributed by atoms with Crippen LogP contribution < -0.4 is 9.47 Å². The first-order valence-corrected chi connectivity index (χ1v) is 13.9. The number of thiocarbonyl (C=S) groups is 1. The Morgan fingerprint density at radius 3 is 2.26 bits per heavy atom. The van der Waals surface area contributed by atoms with Gasteiger partial charge in [-0.15, -0.1) is 0 Å². The van der Waals surface area contributed by atoms with Crippen molar-refractivity contribution in [3.8, 4) is 11.5 Å². The Labute approximate surface area is 219 Å². The van der Waals surface area contributed by atoms with Gasteiger partial charge in [0, 0.05) is 5.54 Å². The van der Waals surface area contributed by atoms with E-state index in [4.69, 9.17) is 21.7 Å². The summed E-state index contributed by atoms with van der Waals surface area (Å²) in [7, 11) is 1.56. The van der Waals surface area contributed by atoms with Crippen molar-refractivity contribution in [3.05, 3.63) is 27.1 Å². The van der Waals surface area contributed by atoms with Crippen LogP contribution in [0.2, 0.25) is 0 Å². The molecule has 8 heteroatoms. The SMILES string of the molecule is COc1cc(/C=C2/SC(=S)N(C(C)(C)C)C2=O)cc(Br)c1OC(=O)C12CC3CC(CC(C3)C1)C2. The molecule has 0 radical (unpaired) electrons. The minimum atomic E-state index is -0.385. The number of benzene rings is 1. The summed E-state index contributed by atoms with van der Waals surface area (Å²) in [6, 6.07) is 3.66. The molecule has 6 rings (SSSR count). The van der Waals surface area contributed by atoms with Crippen LogP contribution in [0.3, 0.4) is 0 Å². The van der Waals surface area contributed by atoms with Gasteiger partial charge in [-0.2, -0.15) is 0 Å². The fourth-order valence-electron chi connectivity index (χ4n) is 6.68. The number of esters is 1. The zero-order chi connectivity index (χ0) is 24.4. The second-order valence-electron chi connectivity index (χ2n) is 11.3. The van der Waals surface area contributed by atoms with Crippen LogP contribution in [-0.4, -0.2) is 33.7 Å². The monoisotopic (exact) mass is 563 g/mol. The van der Waals surface area contributed by atoms with E-state index >= 15 is 0 Å². The zero-order valence-corrected chi connectivity index (χ0v) is 23.2. The van der Waals surface area contributed by atoms with Gasteiger partial charge in [-0.25, -0.2) is 0 Å². The number of methoxy groups -OCH3 is 1. The normalized spacial score (nSPS) is 31.5. The molecule has 1 aromatic rings. The van der Waals surface area contributed by atoms with Crippen LogP contribution in [0.25, 0.3) is 6.08 Å². The predicted molar refractivity (Wildman–Crippen MR) is 142 cm³/mol. The minimum absolute atomic E-state index is 0.102. The number of halogens is 1. The molecule has 0 atom stereocenters. The van der Waals surface area contributed by atoms with E-state index in [-0.39, 0.29) is 22.8 Å². The van der Waals surface area contributed by atoms with Gasteiger partial charge in [-0.1, -0.05) is 24.0 Å². The lowest BCUT2D eigenvalue weighted by molar-refractivity contribution is -0.161. The largest absolute Gasteiger partial charge is 0.493 e. The Morgan fingerprint density at radius 2 is 1.76 bits per heavy atom. The molecule has 5 nitrogen and oxygen atoms in total. The number of amides is 1. The van der Waals surface area contributed by atoms with Crippen LogP contribution in [0.5, 0.6) is 11.5 Å². The maximum absolute atomic E-state index is 13.5. The van der Waals surface area contributed by atoms with Crippen LogP contribution in [0, 0.1) is 23.2 Å². The molecule has 5 aliphatic rings. The number of carbonyl (C=O) groups excluding carboxylic acids is 2. The lowest BCUT2D eigenvalue weighted by atomic mass is 9.49. The van der Waals surface area contributed by atoms with Crippen molar-refractivity contribution in [2.24, 2.45) is 23.2 Å². The van der Waals surface area contributed by atoms with Crippen molar-refractivity contribution in [1.29, 1.82) is 0 Å². The lowest BCUT2D eigenvalue weighted by Gasteiger charge is -2.55. The summed E-state index contributed by atoms with van der Waals surface area (Å²) in [4.78, 5) is 28.6. The molecule has 1 aliphatic heterocycles. The van der Waals surface area contributed by atoms with E-state index in [2.05, 4.69) is 15.9 Å². The summed E-state index contributed by atoms with van der Waals surface area (Å²) in [5.74, 6) is 2.64. The van der Waals surface area contributed by atoms with Gasteiger partial charge in [0.05, 0.1) is 21.9 Å². The minimum Gasteiger partial charge on any atom is -0.493 e. The topological polar surface area (TPSA) is 55.8 Å². The van der Waals surface area contributed by atoms with E-state index in [0.29, 0.717) is 43.0 Å². The summed E-state index contributed by atoms with van der Waals surface area (Å²) in [5, 5.41) is 0. The number of hydrogen-bond acceptors (Lipinski definition) is 6. The molecular formula is C26H30BrNO4S2. The number of ether oxygens (including phenoxy) is 2. The van der Waals surface area contributed by atoms with Gasteiger partial charge in [0.15, 0.2) is 11.5 Å². The second kappa shape index (κ2) is 8.63. The summed E-state index contributed by atoms with van der Waals surface area (Å²) < 4.78 is 12.8. The number of hydrogen-bond donors (Lipinski definition) is 0. The smallest absolute Gasteiger partial charge is 0.317 e. The highest BCUT2D eigenvalue weighted by atomic mass is 79.9. The van der Waals surface area contributed by atoms with E-state index < -0.39 is 0 Å². The van der Waals surface area contributed by atoms with Gasteiger partial charge in [-0.3, -0.25) is 14.5 Å². The van der Waals surface area contributed by atoms with Gasteiger partial charge in [0.2, 0.25) is 0 Å². The molecule has 1 saturated heterocycles. The quantitative estimate of drug-likeness (QED) is 0.178. The van der Waals surface area contributed by atoms with Gasteiger partial charge >= 0.3 is 5.97 Å². The molecule has 4 bridgehead atoms. The van der Waals surface area contributed by atoms with Crippen LogP contribution in [0.1, 0.15) is 64.9 Å².